The van der Waals surface area contributed by atoms with Gasteiger partial charge in [-0.3, -0.25) is 4.79 Å². The van der Waals surface area contributed by atoms with Crippen LogP contribution in [0.2, 0.25) is 0 Å². The van der Waals surface area contributed by atoms with Gasteiger partial charge in [0.1, 0.15) is 5.75 Å². The van der Waals surface area contributed by atoms with E-state index < -0.39 is 5.97 Å². The average Bonchev–Trinajstić information content (AvgIpc) is 3.47. The number of fused-ring (bicyclic) bond motifs is 1. The lowest BCUT2D eigenvalue weighted by molar-refractivity contribution is -0.144. The van der Waals surface area contributed by atoms with E-state index in [2.05, 4.69) is 10.6 Å². The highest BCUT2D eigenvalue weighted by Crippen LogP contribution is 2.26. The molecule has 30 heavy (non-hydrogen) atoms. The quantitative estimate of drug-likeness (QED) is 0.491. The Bertz CT molecular complexity index is 939. The van der Waals surface area contributed by atoms with E-state index in [1.807, 2.05) is 32.0 Å². The van der Waals surface area contributed by atoms with Gasteiger partial charge < -0.3 is 18.8 Å². The van der Waals surface area contributed by atoms with Crippen LogP contribution in [0.3, 0.4) is 0 Å². The molecule has 2 aromatic rings. The van der Waals surface area contributed by atoms with Crippen LogP contribution in [0.5, 0.6) is 5.75 Å². The third-order valence-corrected chi connectivity index (χ3v) is 6.08. The molecule has 0 N–H and O–H groups in total. The van der Waals surface area contributed by atoms with E-state index in [1.165, 1.54) is 11.1 Å². The number of nitrogens with zero attached hydrogens (tertiary/aromatic N) is 1. The second-order valence-electron chi connectivity index (χ2n) is 8.19. The fourth-order valence-corrected chi connectivity index (χ4v) is 4.40. The Hall–Kier alpha value is -2.60. The minimum absolute atomic E-state index is 0.201. The predicted octanol–water partition coefficient (Wildman–Crippen LogP) is 3.58. The van der Waals surface area contributed by atoms with Crippen molar-refractivity contribution in [1.29, 1.82) is 0 Å². The zero-order chi connectivity index (χ0) is 21.1. The molecule has 1 atom stereocenters. The number of carbonyl (C=O) groups excluding carboxylic acids is 2. The first kappa shape index (κ1) is 20.7. The van der Waals surface area contributed by atoms with Gasteiger partial charge in [-0.05, 0) is 75.3 Å². The van der Waals surface area contributed by atoms with Gasteiger partial charge in [-0.2, -0.15) is 0 Å². The smallest absolute Gasteiger partial charge is 0.344 e. The minimum Gasteiger partial charge on any atom is -0.482 e. The van der Waals surface area contributed by atoms with E-state index in [1.54, 1.807) is 0 Å². The Morgan fingerprint density at radius 2 is 1.93 bits per heavy atom. The molecule has 0 bridgehead atoms. The summed E-state index contributed by atoms with van der Waals surface area (Å²) in [5, 5.41) is 0. The van der Waals surface area contributed by atoms with Crippen molar-refractivity contribution >= 4 is 11.8 Å². The zero-order valence-electron chi connectivity index (χ0n) is 17.7. The highest BCUT2D eigenvalue weighted by molar-refractivity contribution is 5.99. The monoisotopic (exact) mass is 411 g/mol. The van der Waals surface area contributed by atoms with Crippen molar-refractivity contribution in [3.63, 3.8) is 0 Å². The Morgan fingerprint density at radius 3 is 2.73 bits per heavy atom. The van der Waals surface area contributed by atoms with Gasteiger partial charge in [0.25, 0.3) is 0 Å². The number of aromatic nitrogens is 1. The van der Waals surface area contributed by atoms with E-state index in [4.69, 9.17) is 14.2 Å². The molecule has 1 aromatic heterocycles. The second-order valence-corrected chi connectivity index (χ2v) is 8.19. The highest BCUT2D eigenvalue weighted by atomic mass is 16.6. The lowest BCUT2D eigenvalue weighted by Gasteiger charge is -2.14. The minimum atomic E-state index is -0.544. The van der Waals surface area contributed by atoms with Gasteiger partial charge in [-0.15, -0.1) is 0 Å². The molecular weight excluding hydrogens is 382 g/mol. The summed E-state index contributed by atoms with van der Waals surface area (Å²) in [6.07, 6.45) is 5.65. The van der Waals surface area contributed by atoms with E-state index >= 15 is 0 Å². The molecule has 0 saturated carbocycles. The number of hydrogen-bond acceptors (Lipinski definition) is 5. The van der Waals surface area contributed by atoms with Gasteiger partial charge in [0.15, 0.2) is 13.2 Å². The molecule has 1 aliphatic heterocycles. The molecule has 2 aliphatic rings. The fraction of sp³-hybridized carbons (Fsp3) is 0.500. The van der Waals surface area contributed by atoms with Crippen molar-refractivity contribution in [2.75, 3.05) is 19.8 Å². The molecule has 1 saturated heterocycles. The molecule has 0 radical (unpaired) electrons. The topological polar surface area (TPSA) is 66.8 Å². The average molecular weight is 411 g/mol. The van der Waals surface area contributed by atoms with Crippen LogP contribution in [-0.2, 0) is 33.7 Å². The van der Waals surface area contributed by atoms with E-state index in [-0.39, 0.29) is 25.1 Å². The van der Waals surface area contributed by atoms with Gasteiger partial charge in [0.2, 0.25) is 5.78 Å². The molecule has 6 nitrogen and oxygen atoms in total. The van der Waals surface area contributed by atoms with E-state index in [0.717, 1.165) is 56.6 Å². The number of rotatable bonds is 8. The summed E-state index contributed by atoms with van der Waals surface area (Å²) in [6, 6.07) is 7.79. The van der Waals surface area contributed by atoms with Gasteiger partial charge >= 0.3 is 5.97 Å². The third-order valence-electron chi connectivity index (χ3n) is 6.08. The number of carbonyl (C=O) groups is 2. The largest absolute Gasteiger partial charge is 0.482 e. The zero-order valence-corrected chi connectivity index (χ0v) is 17.7. The molecule has 1 unspecified atom stereocenters. The van der Waals surface area contributed by atoms with Gasteiger partial charge in [-0.25, -0.2) is 4.79 Å². The summed E-state index contributed by atoms with van der Waals surface area (Å²) in [5.41, 5.74) is 5.14. The summed E-state index contributed by atoms with van der Waals surface area (Å²) in [5.74, 6) is -0.0822. The van der Waals surface area contributed by atoms with Crippen LogP contribution in [0, 0.1) is 13.8 Å². The SMILES string of the molecule is Cc1cc(C(=O)COC(=O)COc2ccc3c(c2)CCC3)c(C)n1CC1CCCO1. The van der Waals surface area contributed by atoms with Crippen molar-refractivity contribution < 1.29 is 23.8 Å². The lowest BCUT2D eigenvalue weighted by atomic mass is 10.1. The van der Waals surface area contributed by atoms with Crippen LogP contribution >= 0.6 is 0 Å². The van der Waals surface area contributed by atoms with Crippen molar-refractivity contribution in [3.8, 4) is 5.75 Å². The van der Waals surface area contributed by atoms with Gasteiger partial charge in [0.05, 0.1) is 6.10 Å². The molecular formula is C24H29NO5. The summed E-state index contributed by atoms with van der Waals surface area (Å²) < 4.78 is 18.5. The summed E-state index contributed by atoms with van der Waals surface area (Å²) in [4.78, 5) is 24.7. The van der Waals surface area contributed by atoms with E-state index in [0.29, 0.717) is 11.3 Å². The molecule has 160 valence electrons. The van der Waals surface area contributed by atoms with Crippen LogP contribution in [0.15, 0.2) is 24.3 Å². The van der Waals surface area contributed by atoms with Crippen LogP contribution in [0.25, 0.3) is 0 Å². The maximum atomic E-state index is 12.6. The lowest BCUT2D eigenvalue weighted by Crippen LogP contribution is -2.20. The van der Waals surface area contributed by atoms with Gasteiger partial charge in [-0.1, -0.05) is 6.07 Å². The maximum Gasteiger partial charge on any atom is 0.344 e. The Balaban J connectivity index is 1.28. The number of aryl methyl sites for hydroxylation is 3. The summed E-state index contributed by atoms with van der Waals surface area (Å²) >= 11 is 0. The van der Waals surface area contributed by atoms with Crippen LogP contribution < -0.4 is 4.74 Å². The summed E-state index contributed by atoms with van der Waals surface area (Å²) in [6.45, 7) is 4.97. The first-order valence-electron chi connectivity index (χ1n) is 10.7. The molecule has 2 heterocycles. The maximum absolute atomic E-state index is 12.6. The Labute approximate surface area is 177 Å². The van der Waals surface area contributed by atoms with Crippen LogP contribution in [-0.4, -0.2) is 42.2 Å². The Kier molecular flexibility index (Phi) is 6.23. The third kappa shape index (κ3) is 4.59. The van der Waals surface area contributed by atoms with Crippen molar-refractivity contribution in [2.24, 2.45) is 0 Å². The van der Waals surface area contributed by atoms with Crippen LogP contribution in [0.4, 0.5) is 0 Å². The Morgan fingerprint density at radius 1 is 1.10 bits per heavy atom. The number of ketones is 1. The number of Topliss-reactive ketones (excluding diaryl/α,β-unsaturated/α-hetero) is 1. The normalized spacial score (nSPS) is 17.7. The fourth-order valence-electron chi connectivity index (χ4n) is 4.40. The van der Waals surface area contributed by atoms with Crippen molar-refractivity contribution in [1.82, 2.24) is 4.57 Å². The van der Waals surface area contributed by atoms with E-state index in [9.17, 15) is 9.59 Å². The molecule has 6 heteroatoms. The van der Waals surface area contributed by atoms with Crippen molar-refractivity contribution in [2.45, 2.75) is 58.6 Å². The molecule has 1 aliphatic carbocycles. The first-order chi connectivity index (χ1) is 14.5. The first-order valence-corrected chi connectivity index (χ1v) is 10.7. The predicted molar refractivity (Wildman–Crippen MR) is 112 cm³/mol. The van der Waals surface area contributed by atoms with Crippen molar-refractivity contribution in [3.05, 3.63) is 52.3 Å². The molecule has 0 amide bonds. The van der Waals surface area contributed by atoms with Gasteiger partial charge in [0, 0.05) is 30.1 Å². The molecule has 0 spiro atoms. The van der Waals surface area contributed by atoms with Crippen LogP contribution in [0.1, 0.15) is 52.1 Å². The number of ether oxygens (including phenoxy) is 3. The number of esters is 1. The molecule has 1 aromatic carbocycles. The molecule has 4 rings (SSSR count). The standard InChI is InChI=1S/C24H29NO5/c1-16-11-22(17(2)25(16)13-21-7-4-10-28-21)23(26)14-30-24(27)15-29-20-9-8-18-5-3-6-19(18)12-20/h8-9,11-12,21H,3-7,10,13-15H2,1-2H3. The number of hydrogen-bond donors (Lipinski definition) is 0. The highest BCUT2D eigenvalue weighted by Gasteiger charge is 2.22. The summed E-state index contributed by atoms with van der Waals surface area (Å²) in [7, 11) is 0. The number of benzene rings is 1. The molecule has 1 fully saturated rings. The second kappa shape index (κ2) is 9.04.